The van der Waals surface area contributed by atoms with Gasteiger partial charge in [0.1, 0.15) is 5.82 Å². The van der Waals surface area contributed by atoms with Crippen LogP contribution in [0.4, 0.5) is 0 Å². The molecule has 0 fully saturated rings. The van der Waals surface area contributed by atoms with E-state index >= 15 is 0 Å². The Bertz CT molecular complexity index is 1170. The quantitative estimate of drug-likeness (QED) is 0.506. The minimum atomic E-state index is -3.53. The van der Waals surface area contributed by atoms with Crippen LogP contribution in [0, 0.1) is 0 Å². The molecule has 0 spiro atoms. The number of fused-ring (bicyclic) bond motifs is 1. The summed E-state index contributed by atoms with van der Waals surface area (Å²) in [4.78, 5) is 17.4. The van der Waals surface area contributed by atoms with Crippen LogP contribution in [0.25, 0.3) is 11.0 Å². The largest absolute Gasteiger partial charge is 0.355 e. The van der Waals surface area contributed by atoms with Crippen LogP contribution in [0.15, 0.2) is 53.4 Å². The number of nitrogens with one attached hydrogen (secondary N) is 1. The minimum absolute atomic E-state index is 0.00929. The number of carbonyl (C=O) groups is 1. The van der Waals surface area contributed by atoms with Gasteiger partial charge in [0.25, 0.3) is 0 Å². The first-order valence-electron chi connectivity index (χ1n) is 11.0. The summed E-state index contributed by atoms with van der Waals surface area (Å²) in [5, 5.41) is 3.05. The molecule has 0 saturated carbocycles. The summed E-state index contributed by atoms with van der Waals surface area (Å²) in [7, 11) is -0.507. The van der Waals surface area contributed by atoms with Crippen molar-refractivity contribution < 1.29 is 13.2 Å². The van der Waals surface area contributed by atoms with Crippen molar-refractivity contribution in [2.24, 2.45) is 0 Å². The second-order valence-corrected chi connectivity index (χ2v) is 10.2. The second-order valence-electron chi connectivity index (χ2n) is 8.03. The zero-order chi connectivity index (χ0) is 23.3. The van der Waals surface area contributed by atoms with Crippen molar-refractivity contribution in [3.05, 3.63) is 59.9 Å². The fourth-order valence-corrected chi connectivity index (χ4v) is 4.77. The Morgan fingerprint density at radius 2 is 1.84 bits per heavy atom. The Morgan fingerprint density at radius 3 is 2.47 bits per heavy atom. The first kappa shape index (κ1) is 23.9. The number of rotatable bonds is 10. The van der Waals surface area contributed by atoms with Crippen LogP contribution in [0.5, 0.6) is 0 Å². The van der Waals surface area contributed by atoms with Crippen molar-refractivity contribution in [1.29, 1.82) is 0 Å². The molecule has 0 aliphatic carbocycles. The number of aromatic nitrogens is 2. The average molecular weight is 457 g/mol. The molecule has 1 atom stereocenters. The Hall–Kier alpha value is -2.71. The number of hydrogen-bond donors (Lipinski definition) is 1. The number of imidazole rings is 1. The maximum Gasteiger partial charge on any atom is 0.242 e. The smallest absolute Gasteiger partial charge is 0.242 e. The normalized spacial score (nSPS) is 12.9. The first-order valence-corrected chi connectivity index (χ1v) is 12.4. The number of amides is 1. The van der Waals surface area contributed by atoms with E-state index in [4.69, 9.17) is 0 Å². The lowest BCUT2D eigenvalue weighted by molar-refractivity contribution is -0.121. The molecule has 1 heterocycles. The zero-order valence-corrected chi connectivity index (χ0v) is 20.0. The summed E-state index contributed by atoms with van der Waals surface area (Å²) < 4.78 is 28.1. The molecule has 3 aromatic rings. The summed E-state index contributed by atoms with van der Waals surface area (Å²) in [6.07, 6.45) is 1.78. The molecule has 8 heteroatoms. The molecule has 7 nitrogen and oxygen atoms in total. The van der Waals surface area contributed by atoms with Gasteiger partial charge in [0.15, 0.2) is 0 Å². The van der Waals surface area contributed by atoms with Gasteiger partial charge in [0, 0.05) is 45.9 Å². The molecule has 1 amide bonds. The predicted molar refractivity (Wildman–Crippen MR) is 127 cm³/mol. The van der Waals surface area contributed by atoms with Crippen molar-refractivity contribution in [2.75, 3.05) is 20.6 Å². The van der Waals surface area contributed by atoms with Gasteiger partial charge in [-0.3, -0.25) is 4.79 Å². The maximum atomic E-state index is 12.5. The molecular weight excluding hydrogens is 424 g/mol. The molecule has 0 saturated heterocycles. The molecular formula is C24H32N4O3S. The molecule has 1 N–H and O–H groups in total. The van der Waals surface area contributed by atoms with Gasteiger partial charge in [-0.25, -0.2) is 17.7 Å². The van der Waals surface area contributed by atoms with E-state index in [-0.39, 0.29) is 16.7 Å². The Labute approximate surface area is 190 Å². The number of hydrogen-bond acceptors (Lipinski definition) is 4. The lowest BCUT2D eigenvalue weighted by Gasteiger charge is -2.16. The van der Waals surface area contributed by atoms with Gasteiger partial charge in [-0.2, -0.15) is 0 Å². The van der Waals surface area contributed by atoms with Crippen LogP contribution in [-0.2, 0) is 27.8 Å². The van der Waals surface area contributed by atoms with E-state index in [1.807, 2.05) is 29.7 Å². The van der Waals surface area contributed by atoms with E-state index in [9.17, 15) is 13.2 Å². The second kappa shape index (κ2) is 10.3. The van der Waals surface area contributed by atoms with E-state index in [0.29, 0.717) is 31.4 Å². The zero-order valence-electron chi connectivity index (χ0n) is 19.2. The van der Waals surface area contributed by atoms with Crippen molar-refractivity contribution in [2.45, 2.75) is 50.5 Å². The van der Waals surface area contributed by atoms with Crippen molar-refractivity contribution in [3.8, 4) is 0 Å². The third-order valence-electron chi connectivity index (χ3n) is 5.78. The van der Waals surface area contributed by atoms with Crippen molar-refractivity contribution >= 4 is 27.0 Å². The summed E-state index contributed by atoms with van der Waals surface area (Å²) in [5.74, 6) is 1.06. The van der Waals surface area contributed by atoms with Gasteiger partial charge in [0.05, 0.1) is 15.9 Å². The van der Waals surface area contributed by atoms with Crippen LogP contribution in [0.2, 0.25) is 0 Å². The molecule has 2 aromatic carbocycles. The standard InChI is InChI=1S/C24H32N4O3S/c1-5-18(19-10-8-7-9-11-19)17-25-24(29)15-14-23-26-21-16-20(32(30,31)27(3)4)12-13-22(21)28(23)6-2/h7-13,16,18H,5-6,14-15,17H2,1-4H3,(H,25,29). The van der Waals surface area contributed by atoms with Crippen LogP contribution in [0.1, 0.15) is 44.0 Å². The van der Waals surface area contributed by atoms with E-state index < -0.39 is 10.0 Å². The fraction of sp³-hybridized carbons (Fsp3) is 0.417. The number of sulfonamides is 1. The van der Waals surface area contributed by atoms with E-state index in [1.165, 1.54) is 24.0 Å². The highest BCUT2D eigenvalue weighted by Crippen LogP contribution is 2.23. The summed E-state index contributed by atoms with van der Waals surface area (Å²) in [5.41, 5.74) is 2.72. The number of benzene rings is 2. The highest BCUT2D eigenvalue weighted by molar-refractivity contribution is 7.89. The summed E-state index contributed by atoms with van der Waals surface area (Å²) >= 11 is 0. The topological polar surface area (TPSA) is 84.3 Å². The van der Waals surface area contributed by atoms with Gasteiger partial charge in [0.2, 0.25) is 15.9 Å². The van der Waals surface area contributed by atoms with Crippen molar-refractivity contribution in [3.63, 3.8) is 0 Å². The third kappa shape index (κ3) is 5.19. The minimum Gasteiger partial charge on any atom is -0.355 e. The van der Waals surface area contributed by atoms with Crippen LogP contribution in [0.3, 0.4) is 0 Å². The monoisotopic (exact) mass is 456 g/mol. The average Bonchev–Trinajstić information content (AvgIpc) is 3.15. The van der Waals surface area contributed by atoms with Gasteiger partial charge in [-0.05, 0) is 37.1 Å². The van der Waals surface area contributed by atoms with Gasteiger partial charge >= 0.3 is 0 Å². The fourth-order valence-electron chi connectivity index (χ4n) is 3.85. The Kier molecular flexibility index (Phi) is 7.69. The molecule has 0 bridgehead atoms. The Morgan fingerprint density at radius 1 is 1.12 bits per heavy atom. The molecule has 0 aliphatic rings. The molecule has 172 valence electrons. The number of carbonyl (C=O) groups excluding carboxylic acids is 1. The SMILES string of the molecule is CCC(CNC(=O)CCc1nc2cc(S(=O)(=O)N(C)C)ccc2n1CC)c1ccccc1. The molecule has 3 rings (SSSR count). The molecule has 0 aliphatic heterocycles. The van der Waals surface area contributed by atoms with Crippen LogP contribution >= 0.6 is 0 Å². The summed E-state index contributed by atoms with van der Waals surface area (Å²) in [6, 6.07) is 15.2. The molecule has 1 unspecified atom stereocenters. The van der Waals surface area contributed by atoms with Crippen molar-refractivity contribution in [1.82, 2.24) is 19.2 Å². The summed E-state index contributed by atoms with van der Waals surface area (Å²) in [6.45, 7) is 5.44. The predicted octanol–water partition coefficient (Wildman–Crippen LogP) is 3.55. The number of aryl methyl sites for hydroxylation is 2. The lowest BCUT2D eigenvalue weighted by Crippen LogP contribution is -2.28. The van der Waals surface area contributed by atoms with Gasteiger partial charge in [-0.1, -0.05) is 37.3 Å². The van der Waals surface area contributed by atoms with E-state index in [2.05, 4.69) is 29.4 Å². The number of nitrogens with zero attached hydrogens (tertiary/aromatic N) is 3. The Balaban J connectivity index is 1.69. The molecule has 32 heavy (non-hydrogen) atoms. The van der Waals surface area contributed by atoms with E-state index in [0.717, 1.165) is 17.8 Å². The maximum absolute atomic E-state index is 12.5. The van der Waals surface area contributed by atoms with Crippen LogP contribution < -0.4 is 5.32 Å². The van der Waals surface area contributed by atoms with Gasteiger partial charge < -0.3 is 9.88 Å². The highest BCUT2D eigenvalue weighted by atomic mass is 32.2. The first-order chi connectivity index (χ1) is 15.3. The molecule has 1 aromatic heterocycles. The highest BCUT2D eigenvalue weighted by Gasteiger charge is 2.20. The van der Waals surface area contributed by atoms with E-state index in [1.54, 1.807) is 18.2 Å². The third-order valence-corrected chi connectivity index (χ3v) is 7.59. The van der Waals surface area contributed by atoms with Crippen LogP contribution in [-0.4, -0.2) is 48.8 Å². The van der Waals surface area contributed by atoms with Gasteiger partial charge in [-0.15, -0.1) is 0 Å². The lowest BCUT2D eigenvalue weighted by atomic mass is 9.96. The molecule has 0 radical (unpaired) electrons.